The van der Waals surface area contributed by atoms with E-state index in [1.54, 1.807) is 11.9 Å². The molecule has 0 spiro atoms. The van der Waals surface area contributed by atoms with Crippen molar-refractivity contribution in [2.24, 2.45) is 4.99 Å². The van der Waals surface area contributed by atoms with Gasteiger partial charge in [-0.2, -0.15) is 13.2 Å². The van der Waals surface area contributed by atoms with Crippen molar-refractivity contribution in [1.29, 1.82) is 0 Å². The molecule has 1 heterocycles. The lowest BCUT2D eigenvalue weighted by atomic mass is 10.1. The van der Waals surface area contributed by atoms with E-state index >= 15 is 0 Å². The third-order valence-electron chi connectivity index (χ3n) is 6.13. The predicted molar refractivity (Wildman–Crippen MR) is 149 cm³/mol. The number of benzene rings is 2. The molecule has 1 aliphatic heterocycles. The van der Waals surface area contributed by atoms with Crippen molar-refractivity contribution in [3.05, 3.63) is 59.7 Å². The maximum atomic E-state index is 12.7. The highest BCUT2D eigenvalue weighted by Gasteiger charge is 2.38. The first-order chi connectivity index (χ1) is 19.4. The zero-order valence-electron chi connectivity index (χ0n) is 23.3. The molecule has 0 fully saturated rings. The molecule has 0 aliphatic carbocycles. The van der Waals surface area contributed by atoms with Gasteiger partial charge in [0.1, 0.15) is 5.84 Å². The van der Waals surface area contributed by atoms with Crippen molar-refractivity contribution in [3.8, 4) is 0 Å². The lowest BCUT2D eigenvalue weighted by Crippen LogP contribution is -2.31. The Balaban J connectivity index is 0.000000782. The van der Waals surface area contributed by atoms with E-state index < -0.39 is 32.0 Å². The molecule has 2 aromatic rings. The molecular formula is C26H33F3N4O7S2. The molecule has 42 heavy (non-hydrogen) atoms. The van der Waals surface area contributed by atoms with Gasteiger partial charge in [0.25, 0.3) is 0 Å². The Morgan fingerprint density at radius 3 is 1.98 bits per heavy atom. The Hall–Kier alpha value is -3.50. The first kappa shape index (κ1) is 34.7. The maximum absolute atomic E-state index is 12.7. The third-order valence-corrected chi connectivity index (χ3v) is 9.13. The second-order valence-corrected chi connectivity index (χ2v) is 13.5. The highest BCUT2D eigenvalue weighted by Crippen LogP contribution is 2.18. The van der Waals surface area contributed by atoms with Crippen LogP contribution < -0.4 is 5.32 Å². The molecule has 0 unspecified atom stereocenters. The van der Waals surface area contributed by atoms with Crippen LogP contribution in [0.25, 0.3) is 0 Å². The number of nitrogens with zero attached hydrogens (tertiary/aromatic N) is 3. The van der Waals surface area contributed by atoms with Gasteiger partial charge in [0, 0.05) is 52.0 Å². The van der Waals surface area contributed by atoms with Gasteiger partial charge in [0.15, 0.2) is 9.84 Å². The number of carboxylic acid groups (broad SMARTS) is 1. The SMILES string of the molecule is CN(CCc1ccc(C2=NCCN2)cc1)C(=O)CCCN(C)S(=O)(=O)c1ccc(S(C)(=O)=O)cc1.O=C(O)C(F)(F)F. The van der Waals surface area contributed by atoms with E-state index in [0.29, 0.717) is 13.0 Å². The van der Waals surface area contributed by atoms with Gasteiger partial charge in [-0.15, -0.1) is 0 Å². The van der Waals surface area contributed by atoms with Crippen molar-refractivity contribution in [3.63, 3.8) is 0 Å². The summed E-state index contributed by atoms with van der Waals surface area (Å²) in [5, 5.41) is 10.4. The van der Waals surface area contributed by atoms with Crippen LogP contribution in [0.5, 0.6) is 0 Å². The van der Waals surface area contributed by atoms with Crippen LogP contribution in [-0.4, -0.2) is 102 Å². The number of likely N-dealkylation sites (N-methyl/N-ethyl adjacent to an activating group) is 1. The highest BCUT2D eigenvalue weighted by atomic mass is 32.2. The number of halogens is 3. The number of hydrogen-bond acceptors (Lipinski definition) is 8. The average molecular weight is 635 g/mol. The molecule has 11 nitrogen and oxygen atoms in total. The fourth-order valence-corrected chi connectivity index (χ4v) is 5.48. The van der Waals surface area contributed by atoms with Gasteiger partial charge in [-0.25, -0.2) is 25.9 Å². The number of hydrogen-bond donors (Lipinski definition) is 2. The van der Waals surface area contributed by atoms with Crippen LogP contribution in [0.1, 0.15) is 24.0 Å². The minimum Gasteiger partial charge on any atom is -0.475 e. The molecule has 16 heteroatoms. The van der Waals surface area contributed by atoms with Crippen molar-refractivity contribution in [2.45, 2.75) is 35.2 Å². The summed E-state index contributed by atoms with van der Waals surface area (Å²) in [5.74, 6) is -1.89. The summed E-state index contributed by atoms with van der Waals surface area (Å²) in [7, 11) is -3.98. The monoisotopic (exact) mass is 634 g/mol. The normalized spacial score (nSPS) is 13.5. The van der Waals surface area contributed by atoms with Crippen molar-refractivity contribution in [2.75, 3.05) is 46.5 Å². The molecule has 3 rings (SSSR count). The molecular weight excluding hydrogens is 601 g/mol. The number of carboxylic acids is 1. The predicted octanol–water partition coefficient (Wildman–Crippen LogP) is 2.18. The summed E-state index contributed by atoms with van der Waals surface area (Å²) in [6.45, 7) is 2.40. The first-order valence-corrected chi connectivity index (χ1v) is 15.9. The molecule has 0 saturated heterocycles. The van der Waals surface area contributed by atoms with E-state index in [1.807, 2.05) is 24.3 Å². The lowest BCUT2D eigenvalue weighted by molar-refractivity contribution is -0.192. The van der Waals surface area contributed by atoms with Crippen LogP contribution in [0.15, 0.2) is 63.3 Å². The number of aliphatic imine (C=N–C) groups is 1. The number of nitrogens with one attached hydrogen (secondary N) is 1. The van der Waals surface area contributed by atoms with Gasteiger partial charge in [-0.05, 0) is 42.7 Å². The Bertz CT molecular complexity index is 1480. The Kier molecular flexibility index (Phi) is 12.1. The number of carbonyl (C=O) groups is 2. The minimum atomic E-state index is -5.08. The lowest BCUT2D eigenvalue weighted by Gasteiger charge is -2.20. The number of aliphatic carboxylic acids is 1. The molecule has 0 radical (unpaired) electrons. The Labute approximate surface area is 243 Å². The van der Waals surface area contributed by atoms with Crippen LogP contribution in [0.4, 0.5) is 13.2 Å². The highest BCUT2D eigenvalue weighted by molar-refractivity contribution is 7.90. The number of sulfone groups is 1. The van der Waals surface area contributed by atoms with E-state index in [-0.39, 0.29) is 28.7 Å². The van der Waals surface area contributed by atoms with Gasteiger partial charge in [-0.1, -0.05) is 24.3 Å². The largest absolute Gasteiger partial charge is 0.490 e. The number of rotatable bonds is 11. The molecule has 2 N–H and O–H groups in total. The Morgan fingerprint density at radius 1 is 0.952 bits per heavy atom. The molecule has 1 amide bonds. The summed E-state index contributed by atoms with van der Waals surface area (Å²) in [4.78, 5) is 27.5. The second kappa shape index (κ2) is 14.6. The van der Waals surface area contributed by atoms with Gasteiger partial charge >= 0.3 is 12.1 Å². The summed E-state index contributed by atoms with van der Waals surface area (Å²) >= 11 is 0. The zero-order chi connectivity index (χ0) is 31.7. The summed E-state index contributed by atoms with van der Waals surface area (Å²) in [6.07, 6.45) is -2.69. The summed E-state index contributed by atoms with van der Waals surface area (Å²) < 4.78 is 81.5. The molecule has 0 bridgehead atoms. The second-order valence-electron chi connectivity index (χ2n) is 9.40. The van der Waals surface area contributed by atoms with Crippen molar-refractivity contribution >= 4 is 37.6 Å². The van der Waals surface area contributed by atoms with E-state index in [1.165, 1.54) is 35.6 Å². The zero-order valence-corrected chi connectivity index (χ0v) is 24.9. The van der Waals surface area contributed by atoms with Crippen molar-refractivity contribution < 1.29 is 44.7 Å². The summed E-state index contributed by atoms with van der Waals surface area (Å²) in [6, 6.07) is 13.3. The van der Waals surface area contributed by atoms with Gasteiger partial charge in [0.2, 0.25) is 15.9 Å². The van der Waals surface area contributed by atoms with E-state index in [0.717, 1.165) is 42.7 Å². The van der Waals surface area contributed by atoms with Crippen LogP contribution >= 0.6 is 0 Å². The Morgan fingerprint density at radius 2 is 1.50 bits per heavy atom. The van der Waals surface area contributed by atoms with Gasteiger partial charge < -0.3 is 15.3 Å². The molecule has 1 aliphatic rings. The number of carbonyl (C=O) groups excluding carboxylic acids is 1. The smallest absolute Gasteiger partial charge is 0.475 e. The number of amidine groups is 1. The van der Waals surface area contributed by atoms with Crippen LogP contribution in [0.3, 0.4) is 0 Å². The quantitative estimate of drug-likeness (QED) is 0.382. The van der Waals surface area contributed by atoms with Gasteiger partial charge in [-0.3, -0.25) is 9.79 Å². The number of sulfonamides is 1. The van der Waals surface area contributed by atoms with Gasteiger partial charge in [0.05, 0.1) is 16.3 Å². The van der Waals surface area contributed by atoms with Crippen LogP contribution in [0.2, 0.25) is 0 Å². The van der Waals surface area contributed by atoms with Crippen molar-refractivity contribution in [1.82, 2.24) is 14.5 Å². The van der Waals surface area contributed by atoms with E-state index in [9.17, 15) is 34.8 Å². The molecule has 0 atom stereocenters. The van der Waals surface area contributed by atoms with Crippen LogP contribution in [-0.2, 0) is 35.9 Å². The number of alkyl halides is 3. The minimum absolute atomic E-state index is 0.0117. The first-order valence-electron chi connectivity index (χ1n) is 12.6. The fourth-order valence-electron chi connectivity index (χ4n) is 3.64. The third kappa shape index (κ3) is 10.4. The molecule has 0 aromatic heterocycles. The van der Waals surface area contributed by atoms with Crippen LogP contribution in [0, 0.1) is 0 Å². The molecule has 232 valence electrons. The maximum Gasteiger partial charge on any atom is 0.490 e. The van der Waals surface area contributed by atoms with E-state index in [4.69, 9.17) is 9.90 Å². The number of amides is 1. The van der Waals surface area contributed by atoms with E-state index in [2.05, 4.69) is 10.3 Å². The standard InChI is InChI=1S/C24H32N4O5S2.C2HF3O2/c1-27(18-14-19-6-8-20(9-7-19)24-25-15-16-26-24)23(29)5-4-17-28(2)35(32,33)22-12-10-21(11-13-22)34(3,30)31;3-2(4,5)1(6)7/h6-13H,4-5,14-18H2,1-3H3,(H,25,26);(H,6,7). The fraction of sp³-hybridized carbons (Fsp3) is 0.423. The average Bonchev–Trinajstić information content (AvgIpc) is 3.46. The molecule has 2 aromatic carbocycles. The molecule has 0 saturated carbocycles. The topological polar surface area (TPSA) is 154 Å². The summed E-state index contributed by atoms with van der Waals surface area (Å²) in [5.41, 5.74) is 2.18.